The predicted octanol–water partition coefficient (Wildman–Crippen LogP) is 3.76. The van der Waals surface area contributed by atoms with Crippen LogP contribution in [0.25, 0.3) is 0 Å². The molecule has 0 amide bonds. The highest BCUT2D eigenvalue weighted by atomic mass is 35.5. The van der Waals surface area contributed by atoms with Crippen LogP contribution in [0.15, 0.2) is 52.5 Å². The van der Waals surface area contributed by atoms with Crippen LogP contribution in [0.2, 0.25) is 0 Å². The second-order valence-corrected chi connectivity index (χ2v) is 7.90. The van der Waals surface area contributed by atoms with Crippen molar-refractivity contribution in [2.45, 2.75) is 9.77 Å². The van der Waals surface area contributed by atoms with Crippen molar-refractivity contribution in [3.05, 3.63) is 69.5 Å². The van der Waals surface area contributed by atoms with Gasteiger partial charge in [0.2, 0.25) is 0 Å². The van der Waals surface area contributed by atoms with Crippen molar-refractivity contribution in [2.24, 2.45) is 16.8 Å². The monoisotopic (exact) mass is 424 g/mol. The molecule has 140 valence electrons. The fourth-order valence-corrected chi connectivity index (χ4v) is 4.91. The fourth-order valence-electron chi connectivity index (χ4n) is 3.03. The Morgan fingerprint density at radius 1 is 1.44 bits per heavy atom. The van der Waals surface area contributed by atoms with Crippen LogP contribution in [0.4, 0.5) is 10.1 Å². The van der Waals surface area contributed by atoms with Crippen LogP contribution in [0.5, 0.6) is 0 Å². The van der Waals surface area contributed by atoms with E-state index in [2.05, 4.69) is 10.5 Å². The van der Waals surface area contributed by atoms with Crippen LogP contribution >= 0.6 is 35.6 Å². The van der Waals surface area contributed by atoms with Gasteiger partial charge in [0.1, 0.15) is 10.7 Å². The van der Waals surface area contributed by atoms with Gasteiger partial charge in [0, 0.05) is 28.8 Å². The van der Waals surface area contributed by atoms with Crippen molar-refractivity contribution in [2.75, 3.05) is 5.75 Å². The molecular formula is C17H14ClFN4O2S2. The Morgan fingerprint density at radius 3 is 2.89 bits per heavy atom. The van der Waals surface area contributed by atoms with Gasteiger partial charge in [-0.15, -0.1) is 23.4 Å². The molecule has 3 rings (SSSR count). The number of thiocarbonyl (C=S) groups is 1. The lowest BCUT2D eigenvalue weighted by molar-refractivity contribution is -0.385. The average Bonchev–Trinajstić information content (AvgIpc) is 2.63. The summed E-state index contributed by atoms with van der Waals surface area (Å²) < 4.78 is 14.0. The second-order valence-electron chi connectivity index (χ2n) is 5.80. The molecular weight excluding hydrogens is 411 g/mol. The highest BCUT2D eigenvalue weighted by Gasteiger charge is 2.47. The lowest BCUT2D eigenvalue weighted by Gasteiger charge is -2.38. The van der Waals surface area contributed by atoms with E-state index in [1.807, 2.05) is 0 Å². The Labute approximate surface area is 169 Å². The second kappa shape index (κ2) is 7.79. The van der Waals surface area contributed by atoms with E-state index in [9.17, 15) is 14.5 Å². The van der Waals surface area contributed by atoms with Gasteiger partial charge in [0.25, 0.3) is 5.69 Å². The molecule has 2 aromatic carbocycles. The first-order chi connectivity index (χ1) is 12.8. The summed E-state index contributed by atoms with van der Waals surface area (Å²) in [6, 6.07) is 10.5. The van der Waals surface area contributed by atoms with Gasteiger partial charge in [-0.1, -0.05) is 12.1 Å². The van der Waals surface area contributed by atoms with E-state index in [-0.39, 0.29) is 16.4 Å². The number of nitrogens with zero attached hydrogens (tertiary/aromatic N) is 2. The molecule has 2 atom stereocenters. The molecule has 0 radical (unpaired) electrons. The maximum atomic E-state index is 14.0. The first-order valence-corrected chi connectivity index (χ1v) is 9.55. The first-order valence-electron chi connectivity index (χ1n) is 7.78. The quantitative estimate of drug-likeness (QED) is 0.255. The molecule has 10 heteroatoms. The number of hydrazone groups is 1. The van der Waals surface area contributed by atoms with Gasteiger partial charge in [0.15, 0.2) is 5.11 Å². The van der Waals surface area contributed by atoms with Gasteiger partial charge in [-0.3, -0.25) is 15.5 Å². The molecule has 0 saturated heterocycles. The third-order valence-electron chi connectivity index (χ3n) is 4.18. The molecule has 0 spiro atoms. The molecule has 2 aromatic rings. The molecule has 1 aliphatic heterocycles. The Bertz CT molecular complexity index is 943. The van der Waals surface area contributed by atoms with Crippen molar-refractivity contribution in [3.8, 4) is 0 Å². The number of halogens is 2. The van der Waals surface area contributed by atoms with Crippen molar-refractivity contribution < 1.29 is 9.31 Å². The molecule has 0 aliphatic carbocycles. The average molecular weight is 425 g/mol. The van der Waals surface area contributed by atoms with Gasteiger partial charge in [-0.25, -0.2) is 4.39 Å². The normalized spacial score (nSPS) is 21.6. The van der Waals surface area contributed by atoms with Gasteiger partial charge in [-0.2, -0.15) is 5.10 Å². The van der Waals surface area contributed by atoms with Crippen LogP contribution in [0.3, 0.4) is 0 Å². The van der Waals surface area contributed by atoms with Crippen molar-refractivity contribution in [1.82, 2.24) is 5.43 Å². The minimum Gasteiger partial charge on any atom is -0.375 e. The SMILES string of the molecule is NC(=S)NN=CC1CSc2ccc(F)cc2C1(Cl)c1ccccc1[N+](=O)[O-]. The summed E-state index contributed by atoms with van der Waals surface area (Å²) >= 11 is 13.3. The Morgan fingerprint density at radius 2 is 2.19 bits per heavy atom. The van der Waals surface area contributed by atoms with Crippen molar-refractivity contribution in [1.29, 1.82) is 0 Å². The minimum atomic E-state index is -1.38. The molecule has 0 saturated carbocycles. The molecule has 6 nitrogen and oxygen atoms in total. The number of para-hydroxylation sites is 1. The maximum absolute atomic E-state index is 14.0. The Hall–Kier alpha value is -2.23. The molecule has 3 N–H and O–H groups in total. The summed E-state index contributed by atoms with van der Waals surface area (Å²) in [5.74, 6) is -0.477. The molecule has 0 fully saturated rings. The number of nitro benzene ring substituents is 1. The van der Waals surface area contributed by atoms with E-state index >= 15 is 0 Å². The first kappa shape index (κ1) is 19.5. The lowest BCUT2D eigenvalue weighted by Crippen LogP contribution is -2.38. The third kappa shape index (κ3) is 3.76. The lowest BCUT2D eigenvalue weighted by atomic mass is 9.79. The van der Waals surface area contributed by atoms with Crippen LogP contribution in [-0.4, -0.2) is 22.0 Å². The van der Waals surface area contributed by atoms with Crippen LogP contribution in [-0.2, 0) is 4.87 Å². The molecule has 0 bridgehead atoms. The third-order valence-corrected chi connectivity index (χ3v) is 6.16. The summed E-state index contributed by atoms with van der Waals surface area (Å²) in [5, 5.41) is 15.5. The molecule has 1 heterocycles. The largest absolute Gasteiger partial charge is 0.375 e. The zero-order valence-corrected chi connectivity index (χ0v) is 16.2. The number of fused-ring (bicyclic) bond motifs is 1. The number of nitrogens with one attached hydrogen (secondary N) is 1. The minimum absolute atomic E-state index is 0.0213. The summed E-state index contributed by atoms with van der Waals surface area (Å²) in [5.41, 5.74) is 8.42. The maximum Gasteiger partial charge on any atom is 0.274 e. The highest BCUT2D eigenvalue weighted by Crippen LogP contribution is 2.53. The van der Waals surface area contributed by atoms with Crippen molar-refractivity contribution in [3.63, 3.8) is 0 Å². The van der Waals surface area contributed by atoms with E-state index in [0.29, 0.717) is 11.3 Å². The van der Waals surface area contributed by atoms with Gasteiger partial charge in [-0.05, 0) is 42.0 Å². The van der Waals surface area contributed by atoms with E-state index in [4.69, 9.17) is 29.6 Å². The number of hydrogen-bond donors (Lipinski definition) is 2. The molecule has 0 aromatic heterocycles. The summed E-state index contributed by atoms with van der Waals surface area (Å²) in [4.78, 5) is 10.5. The van der Waals surface area contributed by atoms with Gasteiger partial charge >= 0.3 is 0 Å². The topological polar surface area (TPSA) is 93.5 Å². The standard InChI is InChI=1S/C17H14ClFN4O2S2/c18-17(12-3-1-2-4-14(12)23(24)25)10(8-21-22-16(20)26)9-27-15-6-5-11(19)7-13(15)17/h1-8,10H,9H2,(H3,20,22,26). The van der Waals surface area contributed by atoms with E-state index in [1.54, 1.807) is 24.3 Å². The number of benzene rings is 2. The van der Waals surface area contributed by atoms with Crippen LogP contribution in [0, 0.1) is 21.8 Å². The number of nitro groups is 1. The number of nitrogens with two attached hydrogens (primary N) is 1. The smallest absolute Gasteiger partial charge is 0.274 e. The van der Waals surface area contributed by atoms with Gasteiger partial charge < -0.3 is 5.73 Å². The van der Waals surface area contributed by atoms with E-state index in [1.165, 1.54) is 36.2 Å². The Kier molecular flexibility index (Phi) is 5.64. The Balaban J connectivity index is 2.22. The predicted molar refractivity (Wildman–Crippen MR) is 109 cm³/mol. The number of rotatable bonds is 4. The number of thioether (sulfide) groups is 1. The number of hydrogen-bond acceptors (Lipinski definition) is 5. The summed E-state index contributed by atoms with van der Waals surface area (Å²) in [6.07, 6.45) is 1.50. The van der Waals surface area contributed by atoms with Crippen molar-refractivity contribution >= 4 is 52.6 Å². The molecule has 27 heavy (non-hydrogen) atoms. The molecule has 1 aliphatic rings. The van der Waals surface area contributed by atoms with E-state index < -0.39 is 21.5 Å². The summed E-state index contributed by atoms with van der Waals surface area (Å²) in [7, 11) is 0. The zero-order chi connectivity index (χ0) is 19.6. The highest BCUT2D eigenvalue weighted by molar-refractivity contribution is 7.99. The summed E-state index contributed by atoms with van der Waals surface area (Å²) in [6.45, 7) is 0. The van der Waals surface area contributed by atoms with E-state index in [0.717, 1.165) is 4.90 Å². The van der Waals surface area contributed by atoms with Gasteiger partial charge in [0.05, 0.1) is 10.5 Å². The van der Waals surface area contributed by atoms with Crippen LogP contribution < -0.4 is 11.2 Å². The zero-order valence-electron chi connectivity index (χ0n) is 13.8. The fraction of sp³-hybridized carbons (Fsp3) is 0.176. The molecule has 2 unspecified atom stereocenters. The van der Waals surface area contributed by atoms with Crippen LogP contribution in [0.1, 0.15) is 11.1 Å². The number of alkyl halides is 1.